The zero-order chi connectivity index (χ0) is 17.6. The smallest absolute Gasteiger partial charge is 0.338 e. The third kappa shape index (κ3) is 5.76. The molecule has 0 aliphatic rings. The number of nitrogens with one attached hydrogen (secondary N) is 1. The van der Waals surface area contributed by atoms with Crippen molar-refractivity contribution >= 4 is 11.9 Å². The van der Waals surface area contributed by atoms with Gasteiger partial charge in [-0.05, 0) is 51.0 Å². The molecule has 0 atom stereocenters. The van der Waals surface area contributed by atoms with Gasteiger partial charge in [-0.15, -0.1) is 6.42 Å². The van der Waals surface area contributed by atoms with Gasteiger partial charge in [0.05, 0.1) is 19.2 Å². The van der Waals surface area contributed by atoms with Crippen LogP contribution < -0.4 is 5.32 Å². The Morgan fingerprint density at radius 3 is 2.48 bits per heavy atom. The highest BCUT2D eigenvalue weighted by atomic mass is 16.6. The Kier molecular flexibility index (Phi) is 6.35. The maximum atomic E-state index is 11.8. The summed E-state index contributed by atoms with van der Waals surface area (Å²) in [6.45, 7) is 7.72. The Balaban J connectivity index is 2.83. The van der Waals surface area contributed by atoms with Gasteiger partial charge in [0.1, 0.15) is 5.60 Å². The van der Waals surface area contributed by atoms with Crippen LogP contribution in [0.3, 0.4) is 0 Å². The Hall–Kier alpha value is -2.32. The van der Waals surface area contributed by atoms with Gasteiger partial charge in [0, 0.05) is 12.1 Å². The first-order chi connectivity index (χ1) is 10.7. The number of hydrogen-bond donors (Lipinski definition) is 1. The van der Waals surface area contributed by atoms with Crippen molar-refractivity contribution in [1.29, 1.82) is 0 Å². The third-order valence-corrected chi connectivity index (χ3v) is 3.09. The second-order valence-electron chi connectivity index (χ2n) is 6.13. The minimum Gasteiger partial charge on any atom is -0.465 e. The van der Waals surface area contributed by atoms with E-state index in [0.717, 1.165) is 11.1 Å². The Morgan fingerprint density at radius 2 is 1.96 bits per heavy atom. The lowest BCUT2D eigenvalue weighted by molar-refractivity contribution is -0.153. The standard InChI is InChI=1S/C18H23NO4/c1-7-13-8-14(12(2)15(9-13)17(21)22-6)10-19-11-16(20)23-18(3,4)5/h1,8-9,19H,10-11H2,2-6H3. The van der Waals surface area contributed by atoms with Gasteiger partial charge >= 0.3 is 11.9 Å². The summed E-state index contributed by atoms with van der Waals surface area (Å²) in [7, 11) is 1.32. The van der Waals surface area contributed by atoms with E-state index in [9.17, 15) is 9.59 Å². The second-order valence-corrected chi connectivity index (χ2v) is 6.13. The average Bonchev–Trinajstić information content (AvgIpc) is 2.46. The number of rotatable bonds is 5. The van der Waals surface area contributed by atoms with Crippen molar-refractivity contribution in [2.45, 2.75) is 39.8 Å². The topological polar surface area (TPSA) is 64.6 Å². The largest absolute Gasteiger partial charge is 0.465 e. The lowest BCUT2D eigenvalue weighted by atomic mass is 9.98. The second kappa shape index (κ2) is 7.80. The SMILES string of the molecule is C#Cc1cc(CNCC(=O)OC(C)(C)C)c(C)c(C(=O)OC)c1. The summed E-state index contributed by atoms with van der Waals surface area (Å²) in [6, 6.07) is 3.43. The van der Waals surface area contributed by atoms with Crippen LogP contribution in [-0.4, -0.2) is 31.2 Å². The Morgan fingerprint density at radius 1 is 1.30 bits per heavy atom. The summed E-state index contributed by atoms with van der Waals surface area (Å²) in [5.41, 5.74) is 2.11. The molecule has 23 heavy (non-hydrogen) atoms. The number of methoxy groups -OCH3 is 1. The summed E-state index contributed by atoms with van der Waals surface area (Å²) in [4.78, 5) is 23.5. The molecule has 1 aromatic rings. The molecule has 1 N–H and O–H groups in total. The first-order valence-corrected chi connectivity index (χ1v) is 7.29. The van der Waals surface area contributed by atoms with Gasteiger partial charge in [0.25, 0.3) is 0 Å². The Labute approximate surface area is 137 Å². The molecular formula is C18H23NO4. The molecule has 0 spiro atoms. The van der Waals surface area contributed by atoms with Crippen molar-refractivity contribution in [3.63, 3.8) is 0 Å². The molecule has 5 nitrogen and oxygen atoms in total. The summed E-state index contributed by atoms with van der Waals surface area (Å²) in [6.07, 6.45) is 5.43. The van der Waals surface area contributed by atoms with E-state index >= 15 is 0 Å². The fourth-order valence-corrected chi connectivity index (χ4v) is 2.04. The van der Waals surface area contributed by atoms with Crippen molar-refractivity contribution in [2.75, 3.05) is 13.7 Å². The number of esters is 2. The number of carbonyl (C=O) groups is 2. The van der Waals surface area contributed by atoms with Gasteiger partial charge in [-0.1, -0.05) is 5.92 Å². The van der Waals surface area contributed by atoms with E-state index in [-0.39, 0.29) is 12.5 Å². The lowest BCUT2D eigenvalue weighted by Gasteiger charge is -2.19. The van der Waals surface area contributed by atoms with Crippen molar-refractivity contribution in [2.24, 2.45) is 0 Å². The van der Waals surface area contributed by atoms with E-state index in [4.69, 9.17) is 15.9 Å². The van der Waals surface area contributed by atoms with Crippen LogP contribution in [0.15, 0.2) is 12.1 Å². The lowest BCUT2D eigenvalue weighted by Crippen LogP contribution is -2.31. The van der Waals surface area contributed by atoms with E-state index in [1.54, 1.807) is 6.07 Å². The summed E-state index contributed by atoms with van der Waals surface area (Å²) in [5, 5.41) is 3.01. The minimum absolute atomic E-state index is 0.0740. The first-order valence-electron chi connectivity index (χ1n) is 7.29. The number of carbonyl (C=O) groups excluding carboxylic acids is 2. The molecule has 0 fully saturated rings. The van der Waals surface area contributed by atoms with Gasteiger partial charge in [-0.25, -0.2) is 4.79 Å². The van der Waals surface area contributed by atoms with Crippen LogP contribution in [-0.2, 0) is 20.8 Å². The molecule has 0 bridgehead atoms. The van der Waals surface area contributed by atoms with Crippen molar-refractivity contribution in [3.8, 4) is 12.3 Å². The fraction of sp³-hybridized carbons (Fsp3) is 0.444. The molecule has 5 heteroatoms. The predicted molar refractivity (Wildman–Crippen MR) is 88.0 cm³/mol. The van der Waals surface area contributed by atoms with Crippen molar-refractivity contribution in [3.05, 3.63) is 34.4 Å². The first kappa shape index (κ1) is 18.7. The van der Waals surface area contributed by atoms with Gasteiger partial charge in [-0.3, -0.25) is 4.79 Å². The highest BCUT2D eigenvalue weighted by Crippen LogP contribution is 2.18. The number of ether oxygens (including phenoxy) is 2. The Bertz CT molecular complexity index is 636. The van der Waals surface area contributed by atoms with Crippen LogP contribution in [0.5, 0.6) is 0 Å². The zero-order valence-electron chi connectivity index (χ0n) is 14.3. The number of benzene rings is 1. The highest BCUT2D eigenvalue weighted by molar-refractivity contribution is 5.91. The molecule has 0 aliphatic heterocycles. The molecular weight excluding hydrogens is 294 g/mol. The van der Waals surface area contributed by atoms with E-state index in [1.165, 1.54) is 7.11 Å². The molecule has 1 rings (SSSR count). The normalized spacial score (nSPS) is 10.8. The average molecular weight is 317 g/mol. The zero-order valence-corrected chi connectivity index (χ0v) is 14.3. The molecule has 0 heterocycles. The number of terminal acetylenes is 1. The maximum absolute atomic E-state index is 11.8. The van der Waals surface area contributed by atoms with Crippen LogP contribution in [0, 0.1) is 19.3 Å². The monoisotopic (exact) mass is 317 g/mol. The maximum Gasteiger partial charge on any atom is 0.338 e. The molecule has 124 valence electrons. The van der Waals surface area contributed by atoms with Crippen LogP contribution >= 0.6 is 0 Å². The van der Waals surface area contributed by atoms with E-state index in [0.29, 0.717) is 17.7 Å². The van der Waals surface area contributed by atoms with Crippen LogP contribution in [0.1, 0.15) is 47.8 Å². The van der Waals surface area contributed by atoms with E-state index < -0.39 is 11.6 Å². The highest BCUT2D eigenvalue weighted by Gasteiger charge is 2.17. The summed E-state index contributed by atoms with van der Waals surface area (Å²) < 4.78 is 9.99. The molecule has 0 saturated heterocycles. The third-order valence-electron chi connectivity index (χ3n) is 3.09. The van der Waals surface area contributed by atoms with Gasteiger partial charge in [0.2, 0.25) is 0 Å². The van der Waals surface area contributed by atoms with Gasteiger partial charge < -0.3 is 14.8 Å². The quantitative estimate of drug-likeness (QED) is 0.666. The van der Waals surface area contributed by atoms with Crippen molar-refractivity contribution < 1.29 is 19.1 Å². The molecule has 0 unspecified atom stereocenters. The fourth-order valence-electron chi connectivity index (χ4n) is 2.04. The molecule has 1 aromatic carbocycles. The number of hydrogen-bond acceptors (Lipinski definition) is 5. The summed E-state index contributed by atoms with van der Waals surface area (Å²) in [5.74, 6) is 1.74. The minimum atomic E-state index is -0.518. The van der Waals surface area contributed by atoms with E-state index in [1.807, 2.05) is 33.8 Å². The predicted octanol–water partition coefficient (Wildman–Crippen LogP) is 2.19. The van der Waals surface area contributed by atoms with Gasteiger partial charge in [-0.2, -0.15) is 0 Å². The molecule has 0 aromatic heterocycles. The molecule has 0 amide bonds. The van der Waals surface area contributed by atoms with Crippen molar-refractivity contribution in [1.82, 2.24) is 5.32 Å². The van der Waals surface area contributed by atoms with Crippen LogP contribution in [0.4, 0.5) is 0 Å². The van der Waals surface area contributed by atoms with Crippen LogP contribution in [0.25, 0.3) is 0 Å². The van der Waals surface area contributed by atoms with Crippen LogP contribution in [0.2, 0.25) is 0 Å². The summed E-state index contributed by atoms with van der Waals surface area (Å²) >= 11 is 0. The molecule has 0 saturated carbocycles. The van der Waals surface area contributed by atoms with E-state index in [2.05, 4.69) is 11.2 Å². The molecule has 0 radical (unpaired) electrons. The van der Waals surface area contributed by atoms with Gasteiger partial charge in [0.15, 0.2) is 0 Å². The molecule has 0 aliphatic carbocycles.